The lowest BCUT2D eigenvalue weighted by atomic mass is 10.1. The van der Waals surface area contributed by atoms with E-state index in [9.17, 15) is 9.59 Å². The van der Waals surface area contributed by atoms with E-state index in [2.05, 4.69) is 26.8 Å². The highest BCUT2D eigenvalue weighted by Crippen LogP contribution is 2.19. The number of methoxy groups -OCH3 is 2. The lowest BCUT2D eigenvalue weighted by Gasteiger charge is -2.01. The maximum absolute atomic E-state index is 11.7. The Morgan fingerprint density at radius 1 is 1.26 bits per heavy atom. The first-order valence-electron chi connectivity index (χ1n) is 5.31. The summed E-state index contributed by atoms with van der Waals surface area (Å²) < 4.78 is 9.11. The Kier molecular flexibility index (Phi) is 3.48. The molecule has 6 nitrogen and oxygen atoms in total. The molecule has 0 aliphatic carbocycles. The third-order valence-corrected chi connectivity index (χ3v) is 2.46. The zero-order chi connectivity index (χ0) is 13.8. The molecule has 0 saturated carbocycles. The van der Waals surface area contributed by atoms with E-state index >= 15 is 0 Å². The van der Waals surface area contributed by atoms with Gasteiger partial charge in [0, 0.05) is 16.9 Å². The van der Waals surface area contributed by atoms with Crippen LogP contribution in [0.2, 0.25) is 0 Å². The highest BCUT2D eigenvalue weighted by molar-refractivity contribution is 6.04. The number of esters is 2. The minimum Gasteiger partial charge on any atom is -0.465 e. The number of aromatic nitrogens is 2. The second kappa shape index (κ2) is 5.23. The van der Waals surface area contributed by atoms with Gasteiger partial charge in [0.1, 0.15) is 0 Å². The fourth-order valence-corrected chi connectivity index (χ4v) is 1.58. The summed E-state index contributed by atoms with van der Waals surface area (Å²) in [5, 5.41) is 7.23. The van der Waals surface area contributed by atoms with Crippen molar-refractivity contribution in [2.45, 2.75) is 0 Å². The highest BCUT2D eigenvalue weighted by Gasteiger charge is 2.13. The van der Waals surface area contributed by atoms with Crippen molar-refractivity contribution >= 4 is 22.8 Å². The molecular formula is C13H10N2O4. The summed E-state index contributed by atoms with van der Waals surface area (Å²) in [4.78, 5) is 22.6. The Labute approximate surface area is 108 Å². The van der Waals surface area contributed by atoms with Gasteiger partial charge in [0.15, 0.2) is 0 Å². The SMILES string of the molecule is COC(=O)C#Cc1cc(C(=O)OC)c2cn[nH]c2c1. The summed E-state index contributed by atoms with van der Waals surface area (Å²) >= 11 is 0. The number of aromatic amines is 1. The number of nitrogens with one attached hydrogen (secondary N) is 1. The maximum Gasteiger partial charge on any atom is 0.384 e. The number of hydrogen-bond acceptors (Lipinski definition) is 5. The topological polar surface area (TPSA) is 81.3 Å². The molecule has 0 bridgehead atoms. The Bertz CT molecular complexity index is 706. The molecule has 19 heavy (non-hydrogen) atoms. The molecule has 0 saturated heterocycles. The van der Waals surface area contributed by atoms with Gasteiger partial charge >= 0.3 is 11.9 Å². The third-order valence-electron chi connectivity index (χ3n) is 2.46. The molecule has 1 aromatic heterocycles. The van der Waals surface area contributed by atoms with Gasteiger partial charge in [-0.05, 0) is 12.1 Å². The zero-order valence-corrected chi connectivity index (χ0v) is 10.3. The summed E-state index contributed by atoms with van der Waals surface area (Å²) in [6, 6.07) is 3.23. The number of carbonyl (C=O) groups excluding carboxylic acids is 2. The third kappa shape index (κ3) is 2.55. The van der Waals surface area contributed by atoms with E-state index in [1.54, 1.807) is 12.1 Å². The molecule has 0 aliphatic rings. The Morgan fingerprint density at radius 2 is 2.05 bits per heavy atom. The van der Waals surface area contributed by atoms with Crippen LogP contribution in [0.15, 0.2) is 18.3 Å². The summed E-state index contributed by atoms with van der Waals surface area (Å²) in [6.45, 7) is 0. The Morgan fingerprint density at radius 3 is 2.74 bits per heavy atom. The van der Waals surface area contributed by atoms with Gasteiger partial charge < -0.3 is 9.47 Å². The van der Waals surface area contributed by atoms with E-state index < -0.39 is 11.9 Å². The molecule has 0 spiro atoms. The van der Waals surface area contributed by atoms with Crippen molar-refractivity contribution in [2.75, 3.05) is 14.2 Å². The normalized spacial score (nSPS) is 9.58. The van der Waals surface area contributed by atoms with Crippen LogP contribution in [0.4, 0.5) is 0 Å². The molecule has 96 valence electrons. The average molecular weight is 258 g/mol. The van der Waals surface area contributed by atoms with Crippen molar-refractivity contribution in [3.05, 3.63) is 29.5 Å². The van der Waals surface area contributed by atoms with Gasteiger partial charge in [-0.25, -0.2) is 9.59 Å². The van der Waals surface area contributed by atoms with E-state index in [4.69, 9.17) is 4.74 Å². The van der Waals surface area contributed by atoms with Crippen LogP contribution >= 0.6 is 0 Å². The maximum atomic E-state index is 11.7. The molecule has 2 aromatic rings. The van der Waals surface area contributed by atoms with E-state index in [1.807, 2.05) is 0 Å². The molecule has 0 atom stereocenters. The zero-order valence-electron chi connectivity index (χ0n) is 10.3. The van der Waals surface area contributed by atoms with Crippen LogP contribution in [0.5, 0.6) is 0 Å². The fourth-order valence-electron chi connectivity index (χ4n) is 1.58. The van der Waals surface area contributed by atoms with Gasteiger partial charge in [-0.2, -0.15) is 5.10 Å². The summed E-state index contributed by atoms with van der Waals surface area (Å²) in [6.07, 6.45) is 1.53. The van der Waals surface area contributed by atoms with Crippen molar-refractivity contribution in [3.63, 3.8) is 0 Å². The minimum atomic E-state index is -0.649. The molecule has 1 heterocycles. The smallest absolute Gasteiger partial charge is 0.384 e. The number of benzene rings is 1. The van der Waals surface area contributed by atoms with Gasteiger partial charge in [0.2, 0.25) is 0 Å². The van der Waals surface area contributed by atoms with Crippen molar-refractivity contribution in [1.82, 2.24) is 10.2 Å². The first-order valence-corrected chi connectivity index (χ1v) is 5.31. The molecule has 1 N–H and O–H groups in total. The van der Waals surface area contributed by atoms with Crippen molar-refractivity contribution in [3.8, 4) is 11.8 Å². The Hall–Kier alpha value is -2.81. The number of nitrogens with zero attached hydrogens (tertiary/aromatic N) is 1. The predicted molar refractivity (Wildman–Crippen MR) is 66.3 cm³/mol. The quantitative estimate of drug-likeness (QED) is 0.606. The van der Waals surface area contributed by atoms with Crippen LogP contribution in [0.3, 0.4) is 0 Å². The van der Waals surface area contributed by atoms with Gasteiger partial charge in [0.25, 0.3) is 0 Å². The molecular weight excluding hydrogens is 248 g/mol. The molecule has 0 amide bonds. The summed E-state index contributed by atoms with van der Waals surface area (Å²) in [5.74, 6) is 3.77. The summed E-state index contributed by atoms with van der Waals surface area (Å²) in [7, 11) is 2.54. The van der Waals surface area contributed by atoms with Gasteiger partial charge in [-0.1, -0.05) is 5.92 Å². The number of carbonyl (C=O) groups is 2. The highest BCUT2D eigenvalue weighted by atomic mass is 16.5. The van der Waals surface area contributed by atoms with Gasteiger partial charge in [-0.15, -0.1) is 0 Å². The number of fused-ring (bicyclic) bond motifs is 1. The van der Waals surface area contributed by atoms with Crippen LogP contribution in [0.1, 0.15) is 15.9 Å². The first-order chi connectivity index (χ1) is 9.15. The van der Waals surface area contributed by atoms with Gasteiger partial charge in [-0.3, -0.25) is 5.10 Å². The fraction of sp³-hybridized carbons (Fsp3) is 0.154. The van der Waals surface area contributed by atoms with Crippen molar-refractivity contribution in [2.24, 2.45) is 0 Å². The number of hydrogen-bond donors (Lipinski definition) is 1. The van der Waals surface area contributed by atoms with Crippen LogP contribution < -0.4 is 0 Å². The molecule has 6 heteroatoms. The number of H-pyrrole nitrogens is 1. The standard InChI is InChI=1S/C13H10N2O4/c1-18-12(16)4-3-8-5-9(13(17)19-2)10-7-14-15-11(10)6-8/h5-7H,1-2H3,(H,14,15). The molecule has 0 aliphatic heterocycles. The lowest BCUT2D eigenvalue weighted by Crippen LogP contribution is -2.02. The lowest BCUT2D eigenvalue weighted by molar-refractivity contribution is -0.133. The van der Waals surface area contributed by atoms with Crippen LogP contribution in [-0.2, 0) is 14.3 Å². The monoisotopic (exact) mass is 258 g/mol. The molecule has 0 unspecified atom stereocenters. The van der Waals surface area contributed by atoms with Crippen molar-refractivity contribution < 1.29 is 19.1 Å². The predicted octanol–water partition coefficient (Wildman–Crippen LogP) is 0.874. The van der Waals surface area contributed by atoms with Crippen molar-refractivity contribution in [1.29, 1.82) is 0 Å². The van der Waals surface area contributed by atoms with Crippen LogP contribution in [0.25, 0.3) is 10.9 Å². The molecule has 2 rings (SSSR count). The van der Waals surface area contributed by atoms with E-state index in [-0.39, 0.29) is 0 Å². The molecule has 0 fully saturated rings. The molecule has 1 aromatic carbocycles. The second-order valence-electron chi connectivity index (χ2n) is 3.59. The van der Waals surface area contributed by atoms with Crippen LogP contribution in [0, 0.1) is 11.8 Å². The van der Waals surface area contributed by atoms with E-state index in [0.717, 1.165) is 0 Å². The largest absolute Gasteiger partial charge is 0.465 e. The van der Waals surface area contributed by atoms with E-state index in [0.29, 0.717) is 22.0 Å². The number of ether oxygens (including phenoxy) is 2. The second-order valence-corrected chi connectivity index (χ2v) is 3.59. The Balaban J connectivity index is 2.54. The van der Waals surface area contributed by atoms with Gasteiger partial charge in [0.05, 0.1) is 31.5 Å². The minimum absolute atomic E-state index is 0.336. The van der Waals surface area contributed by atoms with Crippen LogP contribution in [-0.4, -0.2) is 36.4 Å². The first kappa shape index (κ1) is 12.6. The number of rotatable bonds is 1. The average Bonchev–Trinajstić information content (AvgIpc) is 2.91. The molecule has 0 radical (unpaired) electrons. The van der Waals surface area contributed by atoms with E-state index in [1.165, 1.54) is 20.4 Å². The summed E-state index contributed by atoms with van der Waals surface area (Å²) in [5.41, 5.74) is 1.46.